The summed E-state index contributed by atoms with van der Waals surface area (Å²) in [5.74, 6) is 0.668. The van der Waals surface area contributed by atoms with Crippen molar-refractivity contribution in [2.75, 3.05) is 20.6 Å². The molecule has 4 heteroatoms. The molecule has 1 atom stereocenters. The molecule has 1 aliphatic rings. The highest BCUT2D eigenvalue weighted by molar-refractivity contribution is 5.76. The number of carbonyl (C=O) groups is 1. The molecule has 94 valence electrons. The smallest absolute Gasteiger partial charge is 0.221 e. The van der Waals surface area contributed by atoms with Crippen molar-refractivity contribution in [2.24, 2.45) is 11.7 Å². The normalized spacial score (nSPS) is 18.6. The van der Waals surface area contributed by atoms with Crippen molar-refractivity contribution in [3.8, 4) is 0 Å². The van der Waals surface area contributed by atoms with Gasteiger partial charge >= 0.3 is 0 Å². The molecule has 0 spiro atoms. The van der Waals surface area contributed by atoms with Gasteiger partial charge in [-0.1, -0.05) is 0 Å². The lowest BCUT2D eigenvalue weighted by Gasteiger charge is -2.32. The van der Waals surface area contributed by atoms with Gasteiger partial charge in [0.25, 0.3) is 0 Å². The van der Waals surface area contributed by atoms with Crippen LogP contribution in [-0.4, -0.2) is 43.0 Å². The zero-order valence-electron chi connectivity index (χ0n) is 10.9. The van der Waals surface area contributed by atoms with Crippen LogP contribution in [0, 0.1) is 5.92 Å². The van der Waals surface area contributed by atoms with E-state index < -0.39 is 0 Å². The minimum Gasteiger partial charge on any atom is -0.354 e. The highest BCUT2D eigenvalue weighted by Crippen LogP contribution is 2.32. The summed E-state index contributed by atoms with van der Waals surface area (Å²) in [7, 11) is 4.03. The minimum absolute atomic E-state index is 0.0145. The molecule has 0 aliphatic heterocycles. The van der Waals surface area contributed by atoms with Crippen molar-refractivity contribution in [2.45, 2.75) is 44.7 Å². The van der Waals surface area contributed by atoms with E-state index in [-0.39, 0.29) is 17.5 Å². The van der Waals surface area contributed by atoms with Crippen LogP contribution in [-0.2, 0) is 4.79 Å². The van der Waals surface area contributed by atoms with Gasteiger partial charge in [0.15, 0.2) is 0 Å². The molecule has 1 saturated carbocycles. The summed E-state index contributed by atoms with van der Waals surface area (Å²) in [6.07, 6.45) is 2.85. The minimum atomic E-state index is -0.0145. The van der Waals surface area contributed by atoms with Crippen LogP contribution in [0.15, 0.2) is 0 Å². The lowest BCUT2D eigenvalue weighted by atomic mass is 10.0. The molecular weight excluding hydrogens is 202 g/mol. The number of nitrogens with two attached hydrogens (primary N) is 1. The Morgan fingerprint density at radius 2 is 2.06 bits per heavy atom. The lowest BCUT2D eigenvalue weighted by Crippen LogP contribution is -2.48. The Morgan fingerprint density at radius 1 is 1.50 bits per heavy atom. The van der Waals surface area contributed by atoms with Gasteiger partial charge in [0, 0.05) is 24.5 Å². The summed E-state index contributed by atoms with van der Waals surface area (Å²) in [5.41, 5.74) is 5.89. The topological polar surface area (TPSA) is 58.4 Å². The second kappa shape index (κ2) is 5.15. The first-order valence-corrected chi connectivity index (χ1v) is 6.02. The molecule has 0 bridgehead atoms. The van der Waals surface area contributed by atoms with E-state index in [0.717, 1.165) is 0 Å². The molecule has 16 heavy (non-hydrogen) atoms. The number of amides is 1. The number of likely N-dealkylation sites (N-methyl/N-ethyl adjacent to an activating group) is 1. The van der Waals surface area contributed by atoms with E-state index in [2.05, 4.69) is 24.1 Å². The molecule has 0 aromatic rings. The standard InChI is InChI=1S/C12H25N3O/c1-12(2,15(3)4)8-14-11(16)7-10(13)9-5-6-9/h9-10H,5-8,13H2,1-4H3,(H,14,16). The van der Waals surface area contributed by atoms with Crippen molar-refractivity contribution in [3.63, 3.8) is 0 Å². The SMILES string of the molecule is CN(C)C(C)(C)CNC(=O)CC(N)C1CC1. The largest absolute Gasteiger partial charge is 0.354 e. The van der Waals surface area contributed by atoms with Gasteiger partial charge < -0.3 is 16.0 Å². The second-order valence-corrected chi connectivity index (χ2v) is 5.69. The van der Waals surface area contributed by atoms with Crippen molar-refractivity contribution < 1.29 is 4.79 Å². The Kier molecular flexibility index (Phi) is 4.33. The Bertz CT molecular complexity index is 247. The van der Waals surface area contributed by atoms with Crippen LogP contribution in [0.3, 0.4) is 0 Å². The maximum atomic E-state index is 11.6. The van der Waals surface area contributed by atoms with Crippen LogP contribution in [0.25, 0.3) is 0 Å². The van der Waals surface area contributed by atoms with E-state index in [4.69, 9.17) is 5.73 Å². The van der Waals surface area contributed by atoms with Crippen LogP contribution in [0.1, 0.15) is 33.1 Å². The third kappa shape index (κ3) is 4.10. The van der Waals surface area contributed by atoms with Crippen LogP contribution >= 0.6 is 0 Å². The average molecular weight is 227 g/mol. The maximum absolute atomic E-state index is 11.6. The summed E-state index contributed by atoms with van der Waals surface area (Å²) in [5, 5.41) is 2.96. The summed E-state index contributed by atoms with van der Waals surface area (Å²) in [4.78, 5) is 13.8. The molecule has 0 heterocycles. The first-order chi connectivity index (χ1) is 7.33. The summed E-state index contributed by atoms with van der Waals surface area (Å²) in [6.45, 7) is 4.87. The number of hydrogen-bond donors (Lipinski definition) is 2. The first kappa shape index (κ1) is 13.5. The predicted molar refractivity (Wildman–Crippen MR) is 66.1 cm³/mol. The number of nitrogens with zero attached hydrogens (tertiary/aromatic N) is 1. The van der Waals surface area contributed by atoms with Gasteiger partial charge in [-0.3, -0.25) is 4.79 Å². The zero-order valence-corrected chi connectivity index (χ0v) is 10.9. The highest BCUT2D eigenvalue weighted by atomic mass is 16.1. The van der Waals surface area contributed by atoms with Crippen molar-refractivity contribution >= 4 is 5.91 Å². The van der Waals surface area contributed by atoms with Crippen LogP contribution in [0.2, 0.25) is 0 Å². The fraction of sp³-hybridized carbons (Fsp3) is 0.917. The lowest BCUT2D eigenvalue weighted by molar-refractivity contribution is -0.122. The van der Waals surface area contributed by atoms with Crippen LogP contribution in [0.4, 0.5) is 0 Å². The van der Waals surface area contributed by atoms with Gasteiger partial charge in [0.05, 0.1) is 0 Å². The van der Waals surface area contributed by atoms with E-state index in [1.807, 2.05) is 14.1 Å². The van der Waals surface area contributed by atoms with E-state index >= 15 is 0 Å². The van der Waals surface area contributed by atoms with Gasteiger partial charge in [-0.15, -0.1) is 0 Å². The van der Waals surface area contributed by atoms with Crippen molar-refractivity contribution in [3.05, 3.63) is 0 Å². The monoisotopic (exact) mass is 227 g/mol. The zero-order chi connectivity index (χ0) is 12.3. The first-order valence-electron chi connectivity index (χ1n) is 6.02. The fourth-order valence-electron chi connectivity index (χ4n) is 1.45. The molecule has 0 radical (unpaired) electrons. The Labute approximate surface area is 98.6 Å². The van der Waals surface area contributed by atoms with Gasteiger partial charge in [-0.25, -0.2) is 0 Å². The third-order valence-electron chi connectivity index (χ3n) is 3.58. The van der Waals surface area contributed by atoms with Crippen molar-refractivity contribution in [1.82, 2.24) is 10.2 Å². The highest BCUT2D eigenvalue weighted by Gasteiger charge is 2.30. The number of nitrogens with one attached hydrogen (secondary N) is 1. The Balaban J connectivity index is 2.23. The predicted octanol–water partition coefficient (Wildman–Crippen LogP) is 0.570. The van der Waals surface area contributed by atoms with Gasteiger partial charge in [0.2, 0.25) is 5.91 Å². The second-order valence-electron chi connectivity index (χ2n) is 5.69. The van der Waals surface area contributed by atoms with Crippen LogP contribution < -0.4 is 11.1 Å². The summed E-state index contributed by atoms with van der Waals surface area (Å²) >= 11 is 0. The van der Waals surface area contributed by atoms with Gasteiger partial charge in [0.1, 0.15) is 0 Å². The van der Waals surface area contributed by atoms with Crippen molar-refractivity contribution in [1.29, 1.82) is 0 Å². The molecule has 0 saturated heterocycles. The number of carbonyl (C=O) groups excluding carboxylic acids is 1. The summed E-state index contributed by atoms with van der Waals surface area (Å²) in [6, 6.07) is 0.0578. The molecule has 0 aromatic carbocycles. The molecule has 1 rings (SSSR count). The molecule has 4 nitrogen and oxygen atoms in total. The summed E-state index contributed by atoms with van der Waals surface area (Å²) < 4.78 is 0. The van der Waals surface area contributed by atoms with Gasteiger partial charge in [-0.2, -0.15) is 0 Å². The molecule has 1 unspecified atom stereocenters. The van der Waals surface area contributed by atoms with E-state index in [9.17, 15) is 4.79 Å². The molecule has 1 amide bonds. The molecule has 1 aliphatic carbocycles. The molecule has 1 fully saturated rings. The Morgan fingerprint density at radius 3 is 2.50 bits per heavy atom. The van der Waals surface area contributed by atoms with Crippen LogP contribution in [0.5, 0.6) is 0 Å². The third-order valence-corrected chi connectivity index (χ3v) is 3.58. The van der Waals surface area contributed by atoms with E-state index in [0.29, 0.717) is 18.9 Å². The van der Waals surface area contributed by atoms with E-state index in [1.54, 1.807) is 0 Å². The molecule has 3 N–H and O–H groups in total. The average Bonchev–Trinajstić information content (AvgIpc) is 2.97. The maximum Gasteiger partial charge on any atom is 0.221 e. The van der Waals surface area contributed by atoms with Gasteiger partial charge in [-0.05, 0) is 46.7 Å². The molecular formula is C12H25N3O. The quantitative estimate of drug-likeness (QED) is 0.697. The Hall–Kier alpha value is -0.610. The van der Waals surface area contributed by atoms with E-state index in [1.165, 1.54) is 12.8 Å². The fourth-order valence-corrected chi connectivity index (χ4v) is 1.45. The number of hydrogen-bond acceptors (Lipinski definition) is 3. The molecule has 0 aromatic heterocycles. The number of rotatable bonds is 6.